The van der Waals surface area contributed by atoms with Crippen LogP contribution in [0.25, 0.3) is 0 Å². The molecular formula is C5H9N5O. The second kappa shape index (κ2) is 2.65. The van der Waals surface area contributed by atoms with Crippen LogP contribution in [0.15, 0.2) is 0 Å². The fraction of sp³-hybridized carbons (Fsp3) is 0.600. The minimum Gasteiger partial charge on any atom is -0.346 e. The molecule has 1 amide bonds. The van der Waals surface area contributed by atoms with Crippen molar-refractivity contribution in [3.8, 4) is 0 Å². The largest absolute Gasteiger partial charge is 0.346 e. The Morgan fingerprint density at radius 1 is 1.64 bits per heavy atom. The van der Waals surface area contributed by atoms with Crippen LogP contribution in [0.5, 0.6) is 0 Å². The molecule has 6 heteroatoms. The summed E-state index contributed by atoms with van der Waals surface area (Å²) in [4.78, 5) is 10.1. The molecule has 0 unspecified atom stereocenters. The van der Waals surface area contributed by atoms with Crippen LogP contribution in [-0.4, -0.2) is 27.0 Å². The third-order valence-corrected chi connectivity index (χ3v) is 1.32. The van der Waals surface area contributed by atoms with Crippen molar-refractivity contribution in [2.24, 2.45) is 0 Å². The predicted octanol–water partition coefficient (Wildman–Crippen LogP) is -0.819. The van der Waals surface area contributed by atoms with Crippen molar-refractivity contribution in [2.75, 3.05) is 0 Å². The number of hydrogen-bond acceptors (Lipinski definition) is 4. The molecule has 1 aromatic rings. The summed E-state index contributed by atoms with van der Waals surface area (Å²) in [5.41, 5.74) is -0.561. The molecule has 0 aliphatic rings. The second-order valence-corrected chi connectivity index (χ2v) is 2.62. The van der Waals surface area contributed by atoms with Gasteiger partial charge in [0.2, 0.25) is 6.41 Å². The third-order valence-electron chi connectivity index (χ3n) is 1.32. The summed E-state index contributed by atoms with van der Waals surface area (Å²) in [5, 5.41) is 15.7. The molecule has 0 atom stereocenters. The molecule has 0 aliphatic carbocycles. The Morgan fingerprint density at radius 2 is 2.36 bits per heavy atom. The van der Waals surface area contributed by atoms with Crippen LogP contribution in [0.3, 0.4) is 0 Å². The maximum absolute atomic E-state index is 10.1. The number of H-pyrrole nitrogens is 1. The number of aromatic nitrogens is 4. The van der Waals surface area contributed by atoms with Gasteiger partial charge in [-0.25, -0.2) is 0 Å². The zero-order valence-corrected chi connectivity index (χ0v) is 6.33. The van der Waals surface area contributed by atoms with E-state index in [9.17, 15) is 4.79 Å². The van der Waals surface area contributed by atoms with Gasteiger partial charge in [0.25, 0.3) is 0 Å². The molecule has 1 heterocycles. The first-order valence-electron chi connectivity index (χ1n) is 3.12. The average molecular weight is 155 g/mol. The van der Waals surface area contributed by atoms with Crippen LogP contribution >= 0.6 is 0 Å². The Bertz CT molecular complexity index is 229. The van der Waals surface area contributed by atoms with Crippen LogP contribution in [0.1, 0.15) is 19.7 Å². The van der Waals surface area contributed by atoms with Gasteiger partial charge in [-0.2, -0.15) is 5.21 Å². The number of hydrogen-bond donors (Lipinski definition) is 2. The first kappa shape index (κ1) is 7.64. The molecule has 0 aromatic carbocycles. The number of rotatable bonds is 3. The van der Waals surface area contributed by atoms with Crippen molar-refractivity contribution >= 4 is 6.41 Å². The van der Waals surface area contributed by atoms with Gasteiger partial charge in [0, 0.05) is 0 Å². The quantitative estimate of drug-likeness (QED) is 0.558. The van der Waals surface area contributed by atoms with Crippen LogP contribution in [0.2, 0.25) is 0 Å². The van der Waals surface area contributed by atoms with E-state index in [0.717, 1.165) is 0 Å². The van der Waals surface area contributed by atoms with Crippen LogP contribution in [0.4, 0.5) is 0 Å². The van der Waals surface area contributed by atoms with Crippen LogP contribution in [0, 0.1) is 0 Å². The van der Waals surface area contributed by atoms with Gasteiger partial charge >= 0.3 is 0 Å². The molecule has 0 radical (unpaired) electrons. The number of nitrogens with one attached hydrogen (secondary N) is 2. The lowest BCUT2D eigenvalue weighted by Crippen LogP contribution is -2.36. The summed E-state index contributed by atoms with van der Waals surface area (Å²) in [6, 6.07) is 0. The number of nitrogens with zero attached hydrogens (tertiary/aromatic N) is 3. The summed E-state index contributed by atoms with van der Waals surface area (Å²) in [6.07, 6.45) is 0.607. The molecule has 0 saturated carbocycles. The highest BCUT2D eigenvalue weighted by Gasteiger charge is 2.23. The van der Waals surface area contributed by atoms with Gasteiger partial charge < -0.3 is 5.32 Å². The fourth-order valence-electron chi connectivity index (χ4n) is 0.638. The van der Waals surface area contributed by atoms with E-state index in [1.807, 2.05) is 0 Å². The van der Waals surface area contributed by atoms with E-state index in [1.165, 1.54) is 0 Å². The summed E-state index contributed by atoms with van der Waals surface area (Å²) in [5.74, 6) is 0.463. The normalized spacial score (nSPS) is 11.1. The molecule has 0 aliphatic heterocycles. The van der Waals surface area contributed by atoms with E-state index in [2.05, 4.69) is 25.9 Å². The fourth-order valence-corrected chi connectivity index (χ4v) is 0.638. The SMILES string of the molecule is CC(C)(NC=O)c1nn[nH]n1. The second-order valence-electron chi connectivity index (χ2n) is 2.62. The topological polar surface area (TPSA) is 83.6 Å². The van der Waals surface area contributed by atoms with Crippen molar-refractivity contribution in [3.63, 3.8) is 0 Å². The zero-order chi connectivity index (χ0) is 8.32. The standard InChI is InChI=1S/C5H9N5O/c1-5(2,6-3-11)4-7-9-10-8-4/h3H,1-2H3,(H,6,11)(H,7,8,9,10). The zero-order valence-electron chi connectivity index (χ0n) is 6.33. The molecule has 6 nitrogen and oxygen atoms in total. The van der Waals surface area contributed by atoms with Crippen LogP contribution in [-0.2, 0) is 10.3 Å². The highest BCUT2D eigenvalue weighted by Crippen LogP contribution is 2.11. The number of carbonyl (C=O) groups excluding carboxylic acids is 1. The number of carbonyl (C=O) groups is 1. The van der Waals surface area contributed by atoms with Gasteiger partial charge in [-0.3, -0.25) is 4.79 Å². The molecule has 0 saturated heterocycles. The first-order chi connectivity index (χ1) is 5.17. The highest BCUT2D eigenvalue weighted by atomic mass is 16.1. The molecule has 60 valence electrons. The van der Waals surface area contributed by atoms with E-state index < -0.39 is 5.54 Å². The van der Waals surface area contributed by atoms with Crippen molar-refractivity contribution in [3.05, 3.63) is 5.82 Å². The van der Waals surface area contributed by atoms with Gasteiger partial charge in [0.1, 0.15) is 0 Å². The smallest absolute Gasteiger partial charge is 0.207 e. The van der Waals surface area contributed by atoms with Gasteiger partial charge in [-0.1, -0.05) is 5.21 Å². The Balaban J connectivity index is 2.81. The molecule has 0 bridgehead atoms. The Kier molecular flexibility index (Phi) is 1.84. The van der Waals surface area contributed by atoms with Crippen molar-refractivity contribution in [1.82, 2.24) is 25.9 Å². The molecule has 11 heavy (non-hydrogen) atoms. The van der Waals surface area contributed by atoms with E-state index in [-0.39, 0.29) is 0 Å². The van der Waals surface area contributed by atoms with E-state index in [0.29, 0.717) is 12.2 Å². The molecule has 1 aromatic heterocycles. The summed E-state index contributed by atoms with van der Waals surface area (Å²) in [7, 11) is 0. The summed E-state index contributed by atoms with van der Waals surface area (Å²) < 4.78 is 0. The summed E-state index contributed by atoms with van der Waals surface area (Å²) >= 11 is 0. The lowest BCUT2D eigenvalue weighted by Gasteiger charge is -2.18. The molecular weight excluding hydrogens is 146 g/mol. The van der Waals surface area contributed by atoms with Crippen molar-refractivity contribution in [1.29, 1.82) is 0 Å². The monoisotopic (exact) mass is 155 g/mol. The number of tetrazole rings is 1. The lowest BCUT2D eigenvalue weighted by atomic mass is 10.1. The Labute approximate surface area is 63.4 Å². The maximum Gasteiger partial charge on any atom is 0.207 e. The first-order valence-corrected chi connectivity index (χ1v) is 3.12. The predicted molar refractivity (Wildman–Crippen MR) is 36.4 cm³/mol. The highest BCUT2D eigenvalue weighted by molar-refractivity contribution is 5.48. The lowest BCUT2D eigenvalue weighted by molar-refractivity contribution is -0.111. The molecule has 0 fully saturated rings. The Hall–Kier alpha value is -1.46. The van der Waals surface area contributed by atoms with E-state index in [4.69, 9.17) is 0 Å². The van der Waals surface area contributed by atoms with Gasteiger partial charge in [0.05, 0.1) is 5.54 Å². The van der Waals surface area contributed by atoms with Crippen molar-refractivity contribution < 1.29 is 4.79 Å². The molecule has 2 N–H and O–H groups in total. The van der Waals surface area contributed by atoms with E-state index in [1.54, 1.807) is 13.8 Å². The minimum absolute atomic E-state index is 0.463. The molecule has 1 rings (SSSR count). The summed E-state index contributed by atoms with van der Waals surface area (Å²) in [6.45, 7) is 3.57. The minimum atomic E-state index is -0.561. The number of amides is 1. The maximum atomic E-state index is 10.1. The Morgan fingerprint density at radius 3 is 2.82 bits per heavy atom. The number of aromatic amines is 1. The average Bonchev–Trinajstić information content (AvgIpc) is 2.37. The van der Waals surface area contributed by atoms with Gasteiger partial charge in [-0.15, -0.1) is 10.2 Å². The van der Waals surface area contributed by atoms with Crippen molar-refractivity contribution in [2.45, 2.75) is 19.4 Å². The van der Waals surface area contributed by atoms with Gasteiger partial charge in [0.15, 0.2) is 5.82 Å². The molecule has 0 spiro atoms. The van der Waals surface area contributed by atoms with Crippen LogP contribution < -0.4 is 5.32 Å². The third kappa shape index (κ3) is 1.51. The van der Waals surface area contributed by atoms with E-state index >= 15 is 0 Å². The van der Waals surface area contributed by atoms with Gasteiger partial charge in [-0.05, 0) is 13.8 Å².